The minimum Gasteiger partial charge on any atom is -0.492 e. The third-order valence-electron chi connectivity index (χ3n) is 3.06. The Labute approximate surface area is 156 Å². The minimum absolute atomic E-state index is 0.0689. The van der Waals surface area contributed by atoms with Crippen LogP contribution in [0.2, 0.25) is 0 Å². The van der Waals surface area contributed by atoms with E-state index in [2.05, 4.69) is 43.8 Å². The van der Waals surface area contributed by atoms with Crippen LogP contribution in [0.1, 0.15) is 34.6 Å². The van der Waals surface area contributed by atoms with E-state index in [0.29, 0.717) is 29.2 Å². The van der Waals surface area contributed by atoms with Crippen molar-refractivity contribution in [2.24, 2.45) is 0 Å². The summed E-state index contributed by atoms with van der Waals surface area (Å²) in [5.41, 5.74) is 1.53. The van der Waals surface area contributed by atoms with Crippen LogP contribution in [0.5, 0.6) is 5.75 Å². The highest BCUT2D eigenvalue weighted by atomic mass is 127. The summed E-state index contributed by atoms with van der Waals surface area (Å²) in [5, 5.41) is 2.82. The predicted octanol–water partition coefficient (Wildman–Crippen LogP) is 4.91. The average molecular weight is 488 g/mol. The smallest absolute Gasteiger partial charge is 0.255 e. The van der Waals surface area contributed by atoms with Crippen molar-refractivity contribution in [2.75, 3.05) is 11.9 Å². The number of benzene rings is 2. The van der Waals surface area contributed by atoms with Gasteiger partial charge in [-0.25, -0.2) is 0 Å². The maximum atomic E-state index is 12.5. The first-order valence-electron chi connectivity index (χ1n) is 6.96. The van der Waals surface area contributed by atoms with Crippen molar-refractivity contribution in [3.05, 3.63) is 55.6 Å². The fourth-order valence-electron chi connectivity index (χ4n) is 2.01. The topological polar surface area (TPSA) is 55.4 Å². The van der Waals surface area contributed by atoms with E-state index in [0.717, 1.165) is 8.04 Å². The van der Waals surface area contributed by atoms with Crippen molar-refractivity contribution in [3.63, 3.8) is 0 Å². The molecule has 4 nitrogen and oxygen atoms in total. The molecule has 120 valence electrons. The van der Waals surface area contributed by atoms with E-state index in [1.54, 1.807) is 30.3 Å². The van der Waals surface area contributed by atoms with E-state index < -0.39 is 0 Å². The molecule has 0 aliphatic carbocycles. The van der Waals surface area contributed by atoms with E-state index in [4.69, 9.17) is 4.74 Å². The van der Waals surface area contributed by atoms with Gasteiger partial charge in [0.05, 0.1) is 12.3 Å². The number of carbonyl (C=O) groups is 2. The summed E-state index contributed by atoms with van der Waals surface area (Å²) in [6.45, 7) is 3.82. The van der Waals surface area contributed by atoms with Crippen molar-refractivity contribution in [1.29, 1.82) is 0 Å². The number of hydrogen-bond acceptors (Lipinski definition) is 3. The van der Waals surface area contributed by atoms with Crippen molar-refractivity contribution in [3.8, 4) is 5.75 Å². The number of nitrogens with one attached hydrogen (secondary N) is 1. The summed E-state index contributed by atoms with van der Waals surface area (Å²) in [7, 11) is 0. The molecule has 0 aliphatic rings. The number of carbonyl (C=O) groups excluding carboxylic acids is 2. The van der Waals surface area contributed by atoms with Crippen LogP contribution in [0, 0.1) is 3.57 Å². The molecule has 0 radical (unpaired) electrons. The molecule has 0 aliphatic heterocycles. The lowest BCUT2D eigenvalue weighted by Gasteiger charge is -2.13. The molecule has 0 spiro atoms. The zero-order chi connectivity index (χ0) is 17.0. The number of anilines is 1. The zero-order valence-corrected chi connectivity index (χ0v) is 16.4. The van der Waals surface area contributed by atoms with Gasteiger partial charge in [0, 0.05) is 19.2 Å². The molecule has 0 atom stereocenters. The first-order chi connectivity index (χ1) is 10.9. The van der Waals surface area contributed by atoms with Crippen LogP contribution >= 0.6 is 38.5 Å². The number of amides is 1. The highest BCUT2D eigenvalue weighted by molar-refractivity contribution is 14.1. The fraction of sp³-hybridized carbons (Fsp3) is 0.176. The second-order valence-corrected chi connectivity index (χ2v) is 6.97. The van der Waals surface area contributed by atoms with Gasteiger partial charge >= 0.3 is 0 Å². The largest absolute Gasteiger partial charge is 0.492 e. The Hall–Kier alpha value is -1.41. The van der Waals surface area contributed by atoms with Crippen LogP contribution < -0.4 is 10.1 Å². The van der Waals surface area contributed by atoms with Gasteiger partial charge < -0.3 is 10.1 Å². The molecule has 1 amide bonds. The van der Waals surface area contributed by atoms with Crippen LogP contribution in [0.15, 0.2) is 40.9 Å². The first kappa shape index (κ1) is 17.9. The molecule has 6 heteroatoms. The van der Waals surface area contributed by atoms with E-state index in [1.165, 1.54) is 6.92 Å². The van der Waals surface area contributed by atoms with Gasteiger partial charge in [-0.2, -0.15) is 0 Å². The third kappa shape index (κ3) is 4.78. The summed E-state index contributed by atoms with van der Waals surface area (Å²) in [6.07, 6.45) is 0. The molecule has 2 rings (SSSR count). The zero-order valence-electron chi connectivity index (χ0n) is 12.7. The molecular formula is C17H15BrINO3. The lowest BCUT2D eigenvalue weighted by atomic mass is 10.1. The summed E-state index contributed by atoms with van der Waals surface area (Å²) >= 11 is 5.53. The van der Waals surface area contributed by atoms with Gasteiger partial charge in [0.25, 0.3) is 5.91 Å². The molecule has 0 heterocycles. The average Bonchev–Trinajstić information content (AvgIpc) is 2.48. The molecule has 0 saturated carbocycles. The standard InChI is InChI=1S/C17H15BrINO3/c1-3-23-16-5-4-11(10(2)21)8-15(16)20-17(22)12-6-13(18)9-14(19)7-12/h4-9H,3H2,1-2H3,(H,20,22). The molecular weight excluding hydrogens is 473 g/mol. The SMILES string of the molecule is CCOc1ccc(C(C)=O)cc1NC(=O)c1cc(Br)cc(I)c1. The van der Waals surface area contributed by atoms with Gasteiger partial charge in [-0.15, -0.1) is 0 Å². The fourth-order valence-corrected chi connectivity index (χ4v) is 3.60. The Morgan fingerprint density at radius 2 is 1.91 bits per heavy atom. The molecule has 0 aromatic heterocycles. The number of hydrogen-bond donors (Lipinski definition) is 1. The Balaban J connectivity index is 2.34. The van der Waals surface area contributed by atoms with Crippen molar-refractivity contribution in [2.45, 2.75) is 13.8 Å². The minimum atomic E-state index is -0.258. The normalized spacial score (nSPS) is 10.3. The van der Waals surface area contributed by atoms with Crippen LogP contribution in [-0.2, 0) is 0 Å². The van der Waals surface area contributed by atoms with Gasteiger partial charge in [0.15, 0.2) is 5.78 Å². The molecule has 0 unspecified atom stereocenters. The van der Waals surface area contributed by atoms with E-state index >= 15 is 0 Å². The number of rotatable bonds is 5. The van der Waals surface area contributed by atoms with Gasteiger partial charge in [-0.1, -0.05) is 15.9 Å². The Kier molecular flexibility index (Phi) is 6.17. The van der Waals surface area contributed by atoms with Gasteiger partial charge in [-0.3, -0.25) is 9.59 Å². The Morgan fingerprint density at radius 1 is 1.17 bits per heavy atom. The van der Waals surface area contributed by atoms with Gasteiger partial charge in [0.2, 0.25) is 0 Å². The summed E-state index contributed by atoms with van der Waals surface area (Å²) < 4.78 is 7.30. The van der Waals surface area contributed by atoms with Crippen molar-refractivity contribution >= 4 is 55.9 Å². The molecule has 0 saturated heterocycles. The van der Waals surface area contributed by atoms with Crippen LogP contribution in [0.3, 0.4) is 0 Å². The maximum Gasteiger partial charge on any atom is 0.255 e. The monoisotopic (exact) mass is 487 g/mol. The molecule has 0 bridgehead atoms. The number of ether oxygens (including phenoxy) is 1. The second-order valence-electron chi connectivity index (χ2n) is 4.81. The van der Waals surface area contributed by atoms with Crippen molar-refractivity contribution in [1.82, 2.24) is 0 Å². The predicted molar refractivity (Wildman–Crippen MR) is 102 cm³/mol. The van der Waals surface area contributed by atoms with Crippen LogP contribution in [0.25, 0.3) is 0 Å². The Bertz CT molecular complexity index is 741. The third-order valence-corrected chi connectivity index (χ3v) is 4.14. The van der Waals surface area contributed by atoms with Crippen LogP contribution in [-0.4, -0.2) is 18.3 Å². The highest BCUT2D eigenvalue weighted by Gasteiger charge is 2.13. The quantitative estimate of drug-likeness (QED) is 0.481. The van der Waals surface area contributed by atoms with E-state index in [1.807, 2.05) is 13.0 Å². The first-order valence-corrected chi connectivity index (χ1v) is 8.83. The lowest BCUT2D eigenvalue weighted by molar-refractivity contribution is 0.101. The number of halogens is 2. The summed E-state index contributed by atoms with van der Waals surface area (Å²) in [4.78, 5) is 24.0. The van der Waals surface area contributed by atoms with E-state index in [9.17, 15) is 9.59 Å². The lowest BCUT2D eigenvalue weighted by Crippen LogP contribution is -2.14. The van der Waals surface area contributed by atoms with Crippen LogP contribution in [0.4, 0.5) is 5.69 Å². The summed E-state index contributed by atoms with van der Waals surface area (Å²) in [5.74, 6) is 0.210. The second kappa shape index (κ2) is 7.92. The van der Waals surface area contributed by atoms with Gasteiger partial charge in [0.1, 0.15) is 5.75 Å². The Morgan fingerprint density at radius 3 is 2.52 bits per heavy atom. The molecule has 0 fully saturated rings. The van der Waals surface area contributed by atoms with Gasteiger partial charge in [-0.05, 0) is 72.8 Å². The van der Waals surface area contributed by atoms with E-state index in [-0.39, 0.29) is 11.7 Å². The summed E-state index contributed by atoms with van der Waals surface area (Å²) in [6, 6.07) is 10.5. The highest BCUT2D eigenvalue weighted by Crippen LogP contribution is 2.27. The van der Waals surface area contributed by atoms with Crippen molar-refractivity contribution < 1.29 is 14.3 Å². The number of ketones is 1. The molecule has 1 N–H and O–H groups in total. The number of Topliss-reactive ketones (excluding diaryl/α,β-unsaturated/α-hetero) is 1. The molecule has 2 aromatic carbocycles. The molecule has 23 heavy (non-hydrogen) atoms. The maximum absolute atomic E-state index is 12.5. The molecule has 2 aromatic rings.